The first-order valence-corrected chi connectivity index (χ1v) is 7.53. The Morgan fingerprint density at radius 3 is 2.68 bits per heavy atom. The molecule has 0 saturated heterocycles. The largest absolute Gasteiger partial charge is 0.310 e. The zero-order chi connectivity index (χ0) is 13.8. The summed E-state index contributed by atoms with van der Waals surface area (Å²) in [5.74, 6) is -0.149. The van der Waals surface area contributed by atoms with E-state index in [9.17, 15) is 4.39 Å². The fraction of sp³-hybridized carbons (Fsp3) is 0.333. The van der Waals surface area contributed by atoms with Crippen molar-refractivity contribution in [3.63, 3.8) is 0 Å². The molecule has 1 nitrogen and oxygen atoms in total. The SMILES string of the molecule is CCNC(Cc1ccc(Cl)s1)c1ccc(C)c(F)c1. The van der Waals surface area contributed by atoms with E-state index >= 15 is 0 Å². The summed E-state index contributed by atoms with van der Waals surface area (Å²) in [6, 6.07) is 9.49. The zero-order valence-corrected chi connectivity index (χ0v) is 12.6. The van der Waals surface area contributed by atoms with Crippen LogP contribution in [0.2, 0.25) is 4.34 Å². The minimum atomic E-state index is -0.149. The number of nitrogens with one attached hydrogen (secondary N) is 1. The van der Waals surface area contributed by atoms with E-state index in [1.807, 2.05) is 24.3 Å². The average Bonchev–Trinajstić information content (AvgIpc) is 2.78. The lowest BCUT2D eigenvalue weighted by molar-refractivity contribution is 0.544. The van der Waals surface area contributed by atoms with E-state index in [0.29, 0.717) is 5.56 Å². The highest BCUT2D eigenvalue weighted by atomic mass is 35.5. The molecule has 0 bridgehead atoms. The number of benzene rings is 1. The molecule has 0 radical (unpaired) electrons. The molecule has 1 N–H and O–H groups in total. The Morgan fingerprint density at radius 1 is 1.32 bits per heavy atom. The Balaban J connectivity index is 2.21. The van der Waals surface area contributed by atoms with Crippen molar-refractivity contribution in [3.05, 3.63) is 56.5 Å². The van der Waals surface area contributed by atoms with Crippen molar-refractivity contribution >= 4 is 22.9 Å². The number of hydrogen-bond acceptors (Lipinski definition) is 2. The molecule has 1 aromatic heterocycles. The van der Waals surface area contributed by atoms with Crippen molar-refractivity contribution < 1.29 is 4.39 Å². The van der Waals surface area contributed by atoms with Gasteiger partial charge in [0.05, 0.1) is 4.34 Å². The van der Waals surface area contributed by atoms with Gasteiger partial charge in [-0.05, 0) is 42.8 Å². The van der Waals surface area contributed by atoms with E-state index in [2.05, 4.69) is 12.2 Å². The van der Waals surface area contributed by atoms with E-state index in [4.69, 9.17) is 11.6 Å². The predicted molar refractivity (Wildman–Crippen MR) is 80.6 cm³/mol. The summed E-state index contributed by atoms with van der Waals surface area (Å²) in [4.78, 5) is 1.21. The van der Waals surface area contributed by atoms with Gasteiger partial charge in [0, 0.05) is 17.3 Å². The highest BCUT2D eigenvalue weighted by Crippen LogP contribution is 2.27. The van der Waals surface area contributed by atoms with Gasteiger partial charge in [-0.15, -0.1) is 11.3 Å². The van der Waals surface area contributed by atoms with Crippen molar-refractivity contribution in [1.82, 2.24) is 5.32 Å². The summed E-state index contributed by atoms with van der Waals surface area (Å²) in [5, 5.41) is 3.40. The first-order valence-electron chi connectivity index (χ1n) is 6.33. The van der Waals surface area contributed by atoms with Gasteiger partial charge in [-0.3, -0.25) is 0 Å². The number of halogens is 2. The summed E-state index contributed by atoms with van der Waals surface area (Å²) >= 11 is 7.53. The van der Waals surface area contributed by atoms with Crippen molar-refractivity contribution in [3.8, 4) is 0 Å². The minimum absolute atomic E-state index is 0.120. The van der Waals surface area contributed by atoms with Gasteiger partial charge in [0.25, 0.3) is 0 Å². The molecule has 2 aromatic rings. The lowest BCUT2D eigenvalue weighted by atomic mass is 10.0. The summed E-state index contributed by atoms with van der Waals surface area (Å²) in [6.07, 6.45) is 0.827. The van der Waals surface area contributed by atoms with Crippen LogP contribution in [0.5, 0.6) is 0 Å². The summed E-state index contributed by atoms with van der Waals surface area (Å²) in [6.45, 7) is 4.68. The first-order chi connectivity index (χ1) is 9.10. The molecule has 1 atom stereocenters. The molecule has 2 rings (SSSR count). The van der Waals surface area contributed by atoms with Crippen LogP contribution in [0.4, 0.5) is 4.39 Å². The normalized spacial score (nSPS) is 12.6. The van der Waals surface area contributed by atoms with Gasteiger partial charge < -0.3 is 5.32 Å². The van der Waals surface area contributed by atoms with Crippen LogP contribution < -0.4 is 5.32 Å². The van der Waals surface area contributed by atoms with E-state index in [1.165, 1.54) is 4.88 Å². The fourth-order valence-electron chi connectivity index (χ4n) is 2.04. The van der Waals surface area contributed by atoms with Crippen molar-refractivity contribution in [2.75, 3.05) is 6.54 Å². The van der Waals surface area contributed by atoms with Crippen molar-refractivity contribution in [2.45, 2.75) is 26.3 Å². The molecular formula is C15H17ClFNS. The quantitative estimate of drug-likeness (QED) is 0.840. The van der Waals surface area contributed by atoms with Crippen LogP contribution in [0.3, 0.4) is 0 Å². The third kappa shape index (κ3) is 3.78. The number of thiophene rings is 1. The maximum atomic E-state index is 13.7. The molecule has 102 valence electrons. The van der Waals surface area contributed by atoms with Crippen molar-refractivity contribution in [1.29, 1.82) is 0 Å². The van der Waals surface area contributed by atoms with Gasteiger partial charge in [0.1, 0.15) is 5.82 Å². The standard InChI is InChI=1S/C15H17ClFNS/c1-3-18-14(9-12-6-7-15(16)19-12)11-5-4-10(2)13(17)8-11/h4-8,14,18H,3,9H2,1-2H3. The maximum absolute atomic E-state index is 13.7. The average molecular weight is 298 g/mol. The monoisotopic (exact) mass is 297 g/mol. The molecule has 0 aliphatic carbocycles. The molecule has 1 heterocycles. The number of hydrogen-bond donors (Lipinski definition) is 1. The zero-order valence-electron chi connectivity index (χ0n) is 11.0. The summed E-state index contributed by atoms with van der Waals surface area (Å²) in [5.41, 5.74) is 1.66. The first kappa shape index (κ1) is 14.5. The molecule has 1 aromatic carbocycles. The van der Waals surface area contributed by atoms with E-state index in [1.54, 1.807) is 24.3 Å². The molecule has 0 aliphatic heterocycles. The third-order valence-corrected chi connectivity index (χ3v) is 4.34. The Bertz CT molecular complexity index is 553. The topological polar surface area (TPSA) is 12.0 Å². The molecule has 0 aliphatic rings. The van der Waals surface area contributed by atoms with Crippen LogP contribution in [0, 0.1) is 12.7 Å². The van der Waals surface area contributed by atoms with Gasteiger partial charge >= 0.3 is 0 Å². The second-order valence-electron chi connectivity index (χ2n) is 4.53. The smallest absolute Gasteiger partial charge is 0.126 e. The van der Waals surface area contributed by atoms with Gasteiger partial charge in [0.2, 0.25) is 0 Å². The van der Waals surface area contributed by atoms with Crippen LogP contribution in [0.15, 0.2) is 30.3 Å². The molecule has 0 fully saturated rings. The van der Waals surface area contributed by atoms with Gasteiger partial charge in [-0.2, -0.15) is 0 Å². The van der Waals surface area contributed by atoms with Gasteiger partial charge in [-0.25, -0.2) is 4.39 Å². The molecule has 0 amide bonds. The molecule has 0 saturated carbocycles. The highest BCUT2D eigenvalue weighted by molar-refractivity contribution is 7.16. The van der Waals surface area contributed by atoms with Crippen LogP contribution in [0.1, 0.15) is 29.0 Å². The number of rotatable bonds is 5. The van der Waals surface area contributed by atoms with Crippen LogP contribution in [-0.4, -0.2) is 6.54 Å². The van der Waals surface area contributed by atoms with Gasteiger partial charge in [-0.1, -0.05) is 30.7 Å². The Hall–Kier alpha value is -0.900. The number of aryl methyl sites for hydroxylation is 1. The van der Waals surface area contributed by atoms with Crippen LogP contribution in [0.25, 0.3) is 0 Å². The molecule has 4 heteroatoms. The van der Waals surface area contributed by atoms with E-state index in [0.717, 1.165) is 22.9 Å². The molecule has 19 heavy (non-hydrogen) atoms. The van der Waals surface area contributed by atoms with Crippen LogP contribution >= 0.6 is 22.9 Å². The second-order valence-corrected chi connectivity index (χ2v) is 6.33. The van der Waals surface area contributed by atoms with E-state index in [-0.39, 0.29) is 11.9 Å². The fourth-order valence-corrected chi connectivity index (χ4v) is 3.18. The highest BCUT2D eigenvalue weighted by Gasteiger charge is 2.13. The number of likely N-dealkylation sites (N-methyl/N-ethyl adjacent to an activating group) is 1. The Kier molecular flexibility index (Phi) is 4.97. The Morgan fingerprint density at radius 2 is 2.11 bits per heavy atom. The third-order valence-electron chi connectivity index (χ3n) is 3.08. The Labute approximate surface area is 122 Å². The van der Waals surface area contributed by atoms with Crippen LogP contribution in [-0.2, 0) is 6.42 Å². The predicted octanol–water partition coefficient (Wildman–Crippen LogP) is 4.74. The molecule has 1 unspecified atom stereocenters. The lowest BCUT2D eigenvalue weighted by Gasteiger charge is -2.18. The second kappa shape index (κ2) is 6.51. The van der Waals surface area contributed by atoms with Gasteiger partial charge in [0.15, 0.2) is 0 Å². The lowest BCUT2D eigenvalue weighted by Crippen LogP contribution is -2.22. The van der Waals surface area contributed by atoms with E-state index < -0.39 is 0 Å². The maximum Gasteiger partial charge on any atom is 0.126 e. The molecular weight excluding hydrogens is 281 g/mol. The van der Waals surface area contributed by atoms with Crippen molar-refractivity contribution in [2.24, 2.45) is 0 Å². The summed E-state index contributed by atoms with van der Waals surface area (Å²) in [7, 11) is 0. The summed E-state index contributed by atoms with van der Waals surface area (Å²) < 4.78 is 14.5. The minimum Gasteiger partial charge on any atom is -0.310 e. The molecule has 0 spiro atoms.